The fourth-order valence-electron chi connectivity index (χ4n) is 2.70. The second-order valence-corrected chi connectivity index (χ2v) is 6.24. The average Bonchev–Trinajstić information content (AvgIpc) is 2.34. The van der Waals surface area contributed by atoms with E-state index in [0.717, 1.165) is 18.4 Å². The minimum absolute atomic E-state index is 0.146. The molecule has 2 rings (SSSR count). The molecule has 1 heterocycles. The maximum Gasteiger partial charge on any atom is 0.137 e. The van der Waals surface area contributed by atoms with E-state index < -0.39 is 5.60 Å². The maximum atomic E-state index is 13.2. The fourth-order valence-corrected chi connectivity index (χ4v) is 3.12. The molecule has 1 aromatic rings. The number of aliphatic hydroxyl groups is 1. The first kappa shape index (κ1) is 14.9. The first-order chi connectivity index (χ1) is 9.02. The van der Waals surface area contributed by atoms with Crippen LogP contribution in [0.3, 0.4) is 0 Å². The predicted molar refractivity (Wildman–Crippen MR) is 76.6 cm³/mol. The molecule has 2 atom stereocenters. The summed E-state index contributed by atoms with van der Waals surface area (Å²) in [5, 5.41) is 10.7. The largest absolute Gasteiger partial charge is 0.389 e. The van der Waals surface area contributed by atoms with Gasteiger partial charge in [-0.3, -0.25) is 0 Å². The van der Waals surface area contributed by atoms with Crippen molar-refractivity contribution in [1.82, 2.24) is 0 Å². The van der Waals surface area contributed by atoms with Gasteiger partial charge in [0, 0.05) is 19.4 Å². The fraction of sp³-hybridized carbons (Fsp3) is 0.600. The molecular formula is C15H20BrFO2. The third kappa shape index (κ3) is 4.01. The molecule has 1 fully saturated rings. The third-order valence-electron chi connectivity index (χ3n) is 3.66. The molecule has 0 radical (unpaired) electrons. The Morgan fingerprint density at radius 2 is 2.32 bits per heavy atom. The predicted octanol–water partition coefficient (Wildman–Crippen LogP) is 3.84. The van der Waals surface area contributed by atoms with Crippen molar-refractivity contribution in [3.63, 3.8) is 0 Å². The molecule has 0 amide bonds. The number of hydrogen-bond acceptors (Lipinski definition) is 2. The summed E-state index contributed by atoms with van der Waals surface area (Å²) in [6, 6.07) is 4.92. The Hall–Kier alpha value is -0.450. The summed E-state index contributed by atoms with van der Waals surface area (Å²) in [5.41, 5.74) is 0.225. The monoisotopic (exact) mass is 330 g/mol. The number of benzene rings is 1. The van der Waals surface area contributed by atoms with Crippen molar-refractivity contribution in [3.05, 3.63) is 34.1 Å². The van der Waals surface area contributed by atoms with E-state index in [1.54, 1.807) is 12.1 Å². The van der Waals surface area contributed by atoms with Crippen LogP contribution in [0.25, 0.3) is 0 Å². The highest BCUT2D eigenvalue weighted by atomic mass is 79.9. The van der Waals surface area contributed by atoms with Gasteiger partial charge in [0.25, 0.3) is 0 Å². The summed E-state index contributed by atoms with van der Waals surface area (Å²) in [7, 11) is 0. The Morgan fingerprint density at radius 3 is 3.00 bits per heavy atom. The van der Waals surface area contributed by atoms with E-state index in [1.807, 2.05) is 0 Å². The molecule has 1 aliphatic rings. The minimum Gasteiger partial charge on any atom is -0.389 e. The van der Waals surface area contributed by atoms with Crippen LogP contribution < -0.4 is 0 Å². The van der Waals surface area contributed by atoms with Gasteiger partial charge in [-0.25, -0.2) is 4.39 Å². The minimum atomic E-state index is -0.727. The summed E-state index contributed by atoms with van der Waals surface area (Å²) in [5.74, 6) is -0.272. The Labute approximate surface area is 122 Å². The van der Waals surface area contributed by atoms with Gasteiger partial charge in [-0.1, -0.05) is 19.4 Å². The summed E-state index contributed by atoms with van der Waals surface area (Å²) < 4.78 is 19.3. The molecule has 0 bridgehead atoms. The molecule has 1 saturated heterocycles. The normalized spacial score (nSPS) is 27.5. The second-order valence-electron chi connectivity index (χ2n) is 5.39. The van der Waals surface area contributed by atoms with Crippen LogP contribution in [0.15, 0.2) is 22.7 Å². The van der Waals surface area contributed by atoms with Gasteiger partial charge in [0.1, 0.15) is 5.82 Å². The van der Waals surface area contributed by atoms with Gasteiger partial charge in [0.15, 0.2) is 0 Å². The highest BCUT2D eigenvalue weighted by molar-refractivity contribution is 9.10. The third-order valence-corrected chi connectivity index (χ3v) is 4.26. The van der Waals surface area contributed by atoms with Crippen LogP contribution in [0.1, 0.15) is 38.2 Å². The van der Waals surface area contributed by atoms with Gasteiger partial charge in [0.2, 0.25) is 0 Å². The van der Waals surface area contributed by atoms with Crippen LogP contribution in [0.4, 0.5) is 4.39 Å². The summed E-state index contributed by atoms with van der Waals surface area (Å²) in [6.45, 7) is 2.72. The zero-order valence-electron chi connectivity index (χ0n) is 11.2. The molecule has 1 aromatic carbocycles. The molecule has 2 nitrogen and oxygen atoms in total. The zero-order valence-corrected chi connectivity index (χ0v) is 12.7. The molecular weight excluding hydrogens is 311 g/mol. The van der Waals surface area contributed by atoms with Gasteiger partial charge < -0.3 is 9.84 Å². The first-order valence-electron chi connectivity index (χ1n) is 6.80. The summed E-state index contributed by atoms with van der Waals surface area (Å²) in [4.78, 5) is 0. The summed E-state index contributed by atoms with van der Waals surface area (Å²) >= 11 is 3.18. The van der Waals surface area contributed by atoms with E-state index in [9.17, 15) is 9.50 Å². The Kier molecular flexibility index (Phi) is 4.98. The quantitative estimate of drug-likeness (QED) is 0.908. The molecule has 0 spiro atoms. The highest BCUT2D eigenvalue weighted by Gasteiger charge is 2.34. The highest BCUT2D eigenvalue weighted by Crippen LogP contribution is 2.31. The van der Waals surface area contributed by atoms with Crippen LogP contribution in [0.2, 0.25) is 0 Å². The standard InChI is InChI=1S/C15H20BrFO2/c1-2-3-12-10-15(18,6-7-19-12)9-11-4-5-14(17)13(16)8-11/h4-5,8,12,18H,2-3,6-7,9-10H2,1H3. The van der Waals surface area contributed by atoms with Crippen molar-refractivity contribution in [2.45, 2.75) is 50.7 Å². The van der Waals surface area contributed by atoms with Gasteiger partial charge >= 0.3 is 0 Å². The molecule has 2 unspecified atom stereocenters. The topological polar surface area (TPSA) is 29.5 Å². The number of rotatable bonds is 4. The SMILES string of the molecule is CCCC1CC(O)(Cc2ccc(F)c(Br)c2)CCO1. The van der Waals surface area contributed by atoms with E-state index in [4.69, 9.17) is 4.74 Å². The summed E-state index contributed by atoms with van der Waals surface area (Å²) in [6.07, 6.45) is 4.04. The molecule has 4 heteroatoms. The van der Waals surface area contributed by atoms with E-state index in [1.165, 1.54) is 6.07 Å². The Morgan fingerprint density at radius 1 is 1.53 bits per heavy atom. The molecule has 1 aliphatic heterocycles. The van der Waals surface area contributed by atoms with Crippen LogP contribution in [-0.2, 0) is 11.2 Å². The van der Waals surface area contributed by atoms with Crippen molar-refractivity contribution in [3.8, 4) is 0 Å². The zero-order chi connectivity index (χ0) is 13.9. The molecule has 0 aromatic heterocycles. The molecule has 19 heavy (non-hydrogen) atoms. The van der Waals surface area contributed by atoms with Crippen LogP contribution in [-0.4, -0.2) is 23.4 Å². The van der Waals surface area contributed by atoms with E-state index >= 15 is 0 Å². The van der Waals surface area contributed by atoms with Crippen molar-refractivity contribution < 1.29 is 14.2 Å². The Balaban J connectivity index is 2.05. The van der Waals surface area contributed by atoms with Crippen LogP contribution in [0, 0.1) is 5.82 Å². The first-order valence-corrected chi connectivity index (χ1v) is 7.59. The smallest absolute Gasteiger partial charge is 0.137 e. The number of halogens is 2. The molecule has 1 N–H and O–H groups in total. The number of ether oxygens (including phenoxy) is 1. The van der Waals surface area contributed by atoms with Gasteiger partial charge in [-0.05, 0) is 46.5 Å². The van der Waals surface area contributed by atoms with Gasteiger partial charge in [-0.2, -0.15) is 0 Å². The van der Waals surface area contributed by atoms with Gasteiger partial charge in [-0.15, -0.1) is 0 Å². The van der Waals surface area contributed by atoms with Crippen molar-refractivity contribution in [1.29, 1.82) is 0 Å². The lowest BCUT2D eigenvalue weighted by molar-refractivity contribution is -0.104. The van der Waals surface area contributed by atoms with Crippen molar-refractivity contribution >= 4 is 15.9 Å². The lowest BCUT2D eigenvalue weighted by atomic mass is 9.83. The molecule has 0 saturated carbocycles. The van der Waals surface area contributed by atoms with E-state index in [2.05, 4.69) is 22.9 Å². The van der Waals surface area contributed by atoms with Crippen LogP contribution >= 0.6 is 15.9 Å². The second kappa shape index (κ2) is 6.33. The maximum absolute atomic E-state index is 13.2. The van der Waals surface area contributed by atoms with E-state index in [-0.39, 0.29) is 11.9 Å². The van der Waals surface area contributed by atoms with Gasteiger partial charge in [0.05, 0.1) is 16.2 Å². The molecule has 0 aliphatic carbocycles. The number of hydrogen-bond donors (Lipinski definition) is 1. The Bertz CT molecular complexity index is 436. The lowest BCUT2D eigenvalue weighted by Gasteiger charge is -2.37. The van der Waals surface area contributed by atoms with Crippen molar-refractivity contribution in [2.24, 2.45) is 0 Å². The van der Waals surface area contributed by atoms with Crippen LogP contribution in [0.5, 0.6) is 0 Å². The van der Waals surface area contributed by atoms with E-state index in [0.29, 0.717) is 30.3 Å². The molecule has 106 valence electrons. The lowest BCUT2D eigenvalue weighted by Crippen LogP contribution is -2.42. The van der Waals surface area contributed by atoms with Crippen molar-refractivity contribution in [2.75, 3.05) is 6.61 Å². The average molecular weight is 331 g/mol.